The van der Waals surface area contributed by atoms with E-state index in [1.165, 1.54) is 33.0 Å². The summed E-state index contributed by atoms with van der Waals surface area (Å²) in [4.78, 5) is 0. The van der Waals surface area contributed by atoms with E-state index in [0.717, 1.165) is 40.8 Å². The van der Waals surface area contributed by atoms with E-state index in [1.807, 2.05) is 6.08 Å². The number of fused-ring (bicyclic) bond motifs is 6. The van der Waals surface area contributed by atoms with Crippen molar-refractivity contribution in [2.45, 2.75) is 64.8 Å². The molecule has 44 heavy (non-hydrogen) atoms. The van der Waals surface area contributed by atoms with Crippen molar-refractivity contribution in [2.24, 2.45) is 11.8 Å². The molecule has 228 valence electrons. The Balaban J connectivity index is 1.61. The van der Waals surface area contributed by atoms with Gasteiger partial charge in [0.05, 0.1) is 24.0 Å². The Morgan fingerprint density at radius 2 is 1.80 bits per heavy atom. The third-order valence-corrected chi connectivity index (χ3v) is 9.36. The van der Waals surface area contributed by atoms with Crippen LogP contribution in [0.15, 0.2) is 90.0 Å². The summed E-state index contributed by atoms with van der Waals surface area (Å²) in [5.41, 5.74) is 8.26. The van der Waals surface area contributed by atoms with Crippen LogP contribution in [0.3, 0.4) is 0 Å². The van der Waals surface area contributed by atoms with Crippen molar-refractivity contribution in [1.82, 2.24) is 0 Å². The standard InChI is InChI=1S/C40H46NO3/c1-8-27(24-42)39-32(16-18-43-7)38-31-12-10-9-11-30(31)34(40(4,5)6)23-33(38)35-21-29(15-17-41(35)39)37-22-28-14-13-26(19-25(2)3)20-36(28)44-37/h8-15,17,20-23,25,27,32,39,42H,1,16,18-19,24H2,2-7H3/q+1. The lowest BCUT2D eigenvalue weighted by atomic mass is 9.71. The second kappa shape index (κ2) is 12.0. The summed E-state index contributed by atoms with van der Waals surface area (Å²) in [5, 5.41) is 14.3. The molecule has 0 saturated heterocycles. The van der Waals surface area contributed by atoms with Crippen molar-refractivity contribution in [1.29, 1.82) is 0 Å². The van der Waals surface area contributed by atoms with Gasteiger partial charge in [0.15, 0.2) is 12.2 Å². The molecule has 2 aromatic heterocycles. The van der Waals surface area contributed by atoms with Gasteiger partial charge < -0.3 is 14.3 Å². The molecule has 6 rings (SSSR count). The normalized spacial score (nSPS) is 17.2. The lowest BCUT2D eigenvalue weighted by Crippen LogP contribution is -2.51. The van der Waals surface area contributed by atoms with E-state index in [9.17, 15) is 5.11 Å². The number of methoxy groups -OCH3 is 1. The number of pyridine rings is 1. The zero-order valence-corrected chi connectivity index (χ0v) is 27.1. The van der Waals surface area contributed by atoms with Crippen LogP contribution in [0.1, 0.15) is 69.7 Å². The van der Waals surface area contributed by atoms with Crippen molar-refractivity contribution in [3.8, 4) is 22.6 Å². The first-order valence-corrected chi connectivity index (χ1v) is 16.0. The third-order valence-electron chi connectivity index (χ3n) is 9.36. The minimum atomic E-state index is -0.119. The molecule has 3 atom stereocenters. The van der Waals surface area contributed by atoms with Crippen LogP contribution < -0.4 is 4.57 Å². The number of aliphatic hydroxyl groups excluding tert-OH is 1. The molecule has 0 amide bonds. The molecule has 1 aliphatic rings. The van der Waals surface area contributed by atoms with Gasteiger partial charge in [0, 0.05) is 36.8 Å². The summed E-state index contributed by atoms with van der Waals surface area (Å²) in [6.45, 7) is 16.2. The first-order chi connectivity index (χ1) is 21.1. The number of ether oxygens (including phenoxy) is 1. The molecule has 3 heterocycles. The number of aliphatic hydroxyl groups is 1. The van der Waals surface area contributed by atoms with E-state index >= 15 is 0 Å². The number of hydrogen-bond donors (Lipinski definition) is 1. The number of furan rings is 1. The summed E-state index contributed by atoms with van der Waals surface area (Å²) in [5.74, 6) is 1.47. The van der Waals surface area contributed by atoms with E-state index in [-0.39, 0.29) is 29.9 Å². The molecule has 4 heteroatoms. The summed E-state index contributed by atoms with van der Waals surface area (Å²) in [6.07, 6.45) is 5.98. The summed E-state index contributed by atoms with van der Waals surface area (Å²) < 4.78 is 14.5. The lowest BCUT2D eigenvalue weighted by Gasteiger charge is -2.36. The highest BCUT2D eigenvalue weighted by molar-refractivity contribution is 5.95. The Hall–Kier alpha value is -3.73. The zero-order chi connectivity index (χ0) is 31.2. The maximum Gasteiger partial charge on any atom is 0.213 e. The lowest BCUT2D eigenvalue weighted by molar-refractivity contribution is -0.724. The molecule has 0 radical (unpaired) electrons. The van der Waals surface area contributed by atoms with E-state index in [2.05, 4.69) is 119 Å². The average molecular weight is 589 g/mol. The highest BCUT2D eigenvalue weighted by Gasteiger charge is 2.45. The van der Waals surface area contributed by atoms with Gasteiger partial charge in [-0.25, -0.2) is 0 Å². The van der Waals surface area contributed by atoms with Gasteiger partial charge in [-0.2, -0.15) is 4.57 Å². The van der Waals surface area contributed by atoms with Crippen molar-refractivity contribution in [3.63, 3.8) is 0 Å². The van der Waals surface area contributed by atoms with E-state index in [0.29, 0.717) is 12.5 Å². The molecule has 0 fully saturated rings. The molecule has 3 unspecified atom stereocenters. The summed E-state index contributed by atoms with van der Waals surface area (Å²) in [6, 6.07) is 24.4. The van der Waals surface area contributed by atoms with E-state index in [1.54, 1.807) is 7.11 Å². The second-order valence-corrected chi connectivity index (χ2v) is 13.9. The van der Waals surface area contributed by atoms with Crippen LogP contribution in [0.2, 0.25) is 0 Å². The highest BCUT2D eigenvalue weighted by atomic mass is 16.5. The monoisotopic (exact) mass is 588 g/mol. The minimum Gasteiger partial charge on any atom is -0.456 e. The first kappa shape index (κ1) is 30.3. The maximum absolute atomic E-state index is 10.6. The van der Waals surface area contributed by atoms with Crippen LogP contribution in [0.25, 0.3) is 44.3 Å². The molecule has 0 bridgehead atoms. The summed E-state index contributed by atoms with van der Waals surface area (Å²) in [7, 11) is 1.77. The average Bonchev–Trinajstić information content (AvgIpc) is 3.43. The van der Waals surface area contributed by atoms with Crippen LogP contribution in [0.5, 0.6) is 0 Å². The Morgan fingerprint density at radius 3 is 2.48 bits per heavy atom. The zero-order valence-electron chi connectivity index (χ0n) is 27.1. The Kier molecular flexibility index (Phi) is 8.26. The van der Waals surface area contributed by atoms with Gasteiger partial charge in [0.1, 0.15) is 11.3 Å². The predicted octanol–water partition coefficient (Wildman–Crippen LogP) is 9.17. The van der Waals surface area contributed by atoms with Crippen LogP contribution in [-0.4, -0.2) is 25.4 Å². The van der Waals surface area contributed by atoms with Crippen LogP contribution >= 0.6 is 0 Å². The third kappa shape index (κ3) is 5.39. The van der Waals surface area contributed by atoms with Crippen LogP contribution in [0.4, 0.5) is 0 Å². The predicted molar refractivity (Wildman–Crippen MR) is 181 cm³/mol. The van der Waals surface area contributed by atoms with Crippen molar-refractivity contribution in [3.05, 3.63) is 102 Å². The van der Waals surface area contributed by atoms with Crippen LogP contribution in [-0.2, 0) is 16.6 Å². The molecule has 1 aliphatic heterocycles. The Labute approximate surface area is 262 Å². The van der Waals surface area contributed by atoms with Gasteiger partial charge >= 0.3 is 0 Å². The molecule has 0 aliphatic carbocycles. The fourth-order valence-corrected chi connectivity index (χ4v) is 7.34. The van der Waals surface area contributed by atoms with Gasteiger partial charge in [-0.1, -0.05) is 77.1 Å². The number of hydrogen-bond acceptors (Lipinski definition) is 3. The molecule has 0 saturated carbocycles. The molecule has 4 nitrogen and oxygen atoms in total. The minimum absolute atomic E-state index is 0.0117. The first-order valence-electron chi connectivity index (χ1n) is 16.0. The number of rotatable bonds is 9. The molecular formula is C40H46NO3+. The van der Waals surface area contributed by atoms with Gasteiger partial charge in [-0.3, -0.25) is 0 Å². The number of benzene rings is 3. The molecule has 5 aromatic rings. The van der Waals surface area contributed by atoms with Gasteiger partial charge in [-0.15, -0.1) is 6.58 Å². The number of nitrogens with zero attached hydrogens (tertiary/aromatic N) is 1. The summed E-state index contributed by atoms with van der Waals surface area (Å²) >= 11 is 0. The number of aromatic nitrogens is 1. The molecule has 0 spiro atoms. The highest BCUT2D eigenvalue weighted by Crippen LogP contribution is 2.49. The Bertz CT molecular complexity index is 1820. The molecule has 1 N–H and O–H groups in total. The van der Waals surface area contributed by atoms with Crippen LogP contribution in [0, 0.1) is 11.8 Å². The molecule has 3 aromatic carbocycles. The molecular weight excluding hydrogens is 542 g/mol. The fraction of sp³-hybridized carbons (Fsp3) is 0.375. The maximum atomic E-state index is 10.6. The van der Waals surface area contributed by atoms with Gasteiger partial charge in [-0.05, 0) is 69.8 Å². The topological polar surface area (TPSA) is 46.5 Å². The fourth-order valence-electron chi connectivity index (χ4n) is 7.34. The van der Waals surface area contributed by atoms with Gasteiger partial charge in [0.25, 0.3) is 0 Å². The van der Waals surface area contributed by atoms with Crippen molar-refractivity contribution >= 4 is 21.7 Å². The SMILES string of the molecule is C=CC(CO)C1C(CCOC)c2c(cc(C(C)(C)C)c3ccccc23)-c2cc(-c3cc4ccc(CC(C)C)cc4o3)cc[n+]21. The largest absolute Gasteiger partial charge is 0.456 e. The quantitative estimate of drug-likeness (QED) is 0.138. The van der Waals surface area contributed by atoms with E-state index in [4.69, 9.17) is 9.15 Å². The van der Waals surface area contributed by atoms with Crippen molar-refractivity contribution in [2.75, 3.05) is 20.3 Å². The Morgan fingerprint density at radius 1 is 1.02 bits per heavy atom. The second-order valence-electron chi connectivity index (χ2n) is 13.9. The van der Waals surface area contributed by atoms with E-state index < -0.39 is 0 Å². The van der Waals surface area contributed by atoms with Crippen molar-refractivity contribution < 1.29 is 18.8 Å². The van der Waals surface area contributed by atoms with Gasteiger partial charge in [0.2, 0.25) is 5.69 Å². The smallest absolute Gasteiger partial charge is 0.213 e.